The van der Waals surface area contributed by atoms with Gasteiger partial charge in [0.15, 0.2) is 0 Å². The molecule has 1 rings (SSSR count). The molecule has 0 heterocycles. The third-order valence-electron chi connectivity index (χ3n) is 1.98. The van der Waals surface area contributed by atoms with Crippen molar-refractivity contribution in [1.29, 1.82) is 0 Å². The number of hydrogen-bond donors (Lipinski definition) is 1. The Labute approximate surface area is 109 Å². The Morgan fingerprint density at radius 3 is 2.65 bits per heavy atom. The van der Waals surface area contributed by atoms with Gasteiger partial charge in [0.2, 0.25) is 0 Å². The molecule has 17 heavy (non-hydrogen) atoms. The molecule has 0 aromatic heterocycles. The normalized spacial score (nSPS) is 11.1. The van der Waals surface area contributed by atoms with Crippen LogP contribution in [-0.2, 0) is 11.3 Å². The van der Waals surface area contributed by atoms with Crippen LogP contribution in [0, 0.1) is 0 Å². The Morgan fingerprint density at radius 2 is 2.00 bits per heavy atom. The molecule has 0 aliphatic carbocycles. The van der Waals surface area contributed by atoms with E-state index >= 15 is 0 Å². The molecule has 0 fully saturated rings. The van der Waals surface area contributed by atoms with Gasteiger partial charge in [-0.05, 0) is 17.7 Å². The van der Waals surface area contributed by atoms with E-state index < -0.39 is 13.0 Å². The second-order valence-corrected chi connectivity index (χ2v) is 4.21. The van der Waals surface area contributed by atoms with Crippen molar-refractivity contribution >= 4 is 23.2 Å². The predicted molar refractivity (Wildman–Crippen MR) is 65.0 cm³/mol. The molecule has 2 nitrogen and oxygen atoms in total. The van der Waals surface area contributed by atoms with Gasteiger partial charge in [0, 0.05) is 13.1 Å². The predicted octanol–water partition coefficient (Wildman–Crippen LogP) is 3.36. The van der Waals surface area contributed by atoms with E-state index in [-0.39, 0.29) is 6.61 Å². The zero-order chi connectivity index (χ0) is 12.7. The van der Waals surface area contributed by atoms with Crippen LogP contribution in [0.3, 0.4) is 0 Å². The van der Waals surface area contributed by atoms with Crippen LogP contribution in [0.2, 0.25) is 10.0 Å². The Balaban J connectivity index is 2.16. The maximum atomic E-state index is 11.7. The van der Waals surface area contributed by atoms with Gasteiger partial charge in [-0.3, -0.25) is 0 Å². The third-order valence-corrected chi connectivity index (χ3v) is 2.72. The second-order valence-electron chi connectivity index (χ2n) is 3.39. The first kappa shape index (κ1) is 14.6. The van der Waals surface area contributed by atoms with Crippen molar-refractivity contribution < 1.29 is 13.5 Å². The van der Waals surface area contributed by atoms with Crippen molar-refractivity contribution in [3.8, 4) is 0 Å². The van der Waals surface area contributed by atoms with Gasteiger partial charge in [0.25, 0.3) is 6.43 Å². The molecule has 0 aliphatic heterocycles. The highest BCUT2D eigenvalue weighted by molar-refractivity contribution is 6.42. The number of ether oxygens (including phenoxy) is 1. The van der Waals surface area contributed by atoms with Gasteiger partial charge in [0.05, 0.1) is 16.7 Å². The number of nitrogens with one attached hydrogen (secondary N) is 1. The van der Waals surface area contributed by atoms with Crippen LogP contribution >= 0.6 is 23.2 Å². The highest BCUT2D eigenvalue weighted by atomic mass is 35.5. The molecule has 0 spiro atoms. The molecule has 0 amide bonds. The molecule has 0 unspecified atom stereocenters. The lowest BCUT2D eigenvalue weighted by Crippen LogP contribution is -2.20. The molecule has 0 saturated heterocycles. The summed E-state index contributed by atoms with van der Waals surface area (Å²) in [4.78, 5) is 0. The minimum Gasteiger partial charge on any atom is -0.374 e. The largest absolute Gasteiger partial charge is 0.374 e. The molecule has 1 aromatic carbocycles. The van der Waals surface area contributed by atoms with Gasteiger partial charge >= 0.3 is 0 Å². The van der Waals surface area contributed by atoms with Crippen molar-refractivity contribution in [2.24, 2.45) is 0 Å². The van der Waals surface area contributed by atoms with Crippen LogP contribution in [0.1, 0.15) is 5.56 Å². The number of rotatable bonds is 7. The number of halogens is 4. The van der Waals surface area contributed by atoms with E-state index in [1.54, 1.807) is 12.1 Å². The number of alkyl halides is 2. The van der Waals surface area contributed by atoms with Crippen molar-refractivity contribution in [1.82, 2.24) is 5.32 Å². The average molecular weight is 284 g/mol. The quantitative estimate of drug-likeness (QED) is 0.775. The lowest BCUT2D eigenvalue weighted by Gasteiger charge is -2.06. The van der Waals surface area contributed by atoms with Crippen molar-refractivity contribution in [2.75, 3.05) is 19.8 Å². The lowest BCUT2D eigenvalue weighted by molar-refractivity contribution is 0.0187. The Bertz CT molecular complexity index is 350. The zero-order valence-corrected chi connectivity index (χ0v) is 10.6. The highest BCUT2D eigenvalue weighted by Crippen LogP contribution is 2.22. The summed E-state index contributed by atoms with van der Waals surface area (Å²) in [6.45, 7) is 0.835. The molecule has 1 N–H and O–H groups in total. The topological polar surface area (TPSA) is 21.3 Å². The van der Waals surface area contributed by atoms with Crippen molar-refractivity contribution in [3.05, 3.63) is 33.8 Å². The minimum atomic E-state index is -2.41. The van der Waals surface area contributed by atoms with Gasteiger partial charge in [-0.25, -0.2) is 8.78 Å². The molecular formula is C11H13Cl2F2NO. The van der Waals surface area contributed by atoms with Gasteiger partial charge < -0.3 is 10.1 Å². The molecule has 0 aliphatic rings. The maximum Gasteiger partial charge on any atom is 0.261 e. The van der Waals surface area contributed by atoms with E-state index in [2.05, 4.69) is 5.32 Å². The fraction of sp³-hybridized carbons (Fsp3) is 0.455. The SMILES string of the molecule is FC(F)COCCNCc1ccc(Cl)c(Cl)c1. The molecule has 0 radical (unpaired) electrons. The summed E-state index contributed by atoms with van der Waals surface area (Å²) >= 11 is 11.6. The molecule has 0 saturated carbocycles. The maximum absolute atomic E-state index is 11.7. The summed E-state index contributed by atoms with van der Waals surface area (Å²) in [6, 6.07) is 5.33. The summed E-state index contributed by atoms with van der Waals surface area (Å²) < 4.78 is 28.2. The van der Waals surface area contributed by atoms with E-state index in [0.29, 0.717) is 23.1 Å². The fourth-order valence-corrected chi connectivity index (χ4v) is 1.52. The van der Waals surface area contributed by atoms with Crippen LogP contribution in [0.5, 0.6) is 0 Å². The zero-order valence-electron chi connectivity index (χ0n) is 9.06. The van der Waals surface area contributed by atoms with Crippen LogP contribution < -0.4 is 5.32 Å². The lowest BCUT2D eigenvalue weighted by atomic mass is 10.2. The Hall–Kier alpha value is -0.420. The smallest absolute Gasteiger partial charge is 0.261 e. The first-order valence-electron chi connectivity index (χ1n) is 5.10. The summed E-state index contributed by atoms with van der Waals surface area (Å²) in [5, 5.41) is 4.06. The standard InChI is InChI=1S/C11H13Cl2F2NO/c12-9-2-1-8(5-10(9)13)6-16-3-4-17-7-11(14)15/h1-2,5,11,16H,3-4,6-7H2. The van der Waals surface area contributed by atoms with E-state index in [4.69, 9.17) is 27.9 Å². The number of benzene rings is 1. The second kappa shape index (κ2) is 7.82. The van der Waals surface area contributed by atoms with Crippen LogP contribution in [-0.4, -0.2) is 26.2 Å². The summed E-state index contributed by atoms with van der Waals surface area (Å²) in [7, 11) is 0. The van der Waals surface area contributed by atoms with Crippen LogP contribution in [0.25, 0.3) is 0 Å². The van der Waals surface area contributed by atoms with Crippen LogP contribution in [0.4, 0.5) is 8.78 Å². The van der Waals surface area contributed by atoms with Crippen molar-refractivity contribution in [2.45, 2.75) is 13.0 Å². The molecular weight excluding hydrogens is 271 g/mol. The van der Waals surface area contributed by atoms with E-state index in [1.165, 1.54) is 0 Å². The minimum absolute atomic E-state index is 0.256. The van der Waals surface area contributed by atoms with Gasteiger partial charge in [-0.15, -0.1) is 0 Å². The fourth-order valence-electron chi connectivity index (χ4n) is 1.20. The van der Waals surface area contributed by atoms with Gasteiger partial charge in [0.1, 0.15) is 6.61 Å². The summed E-state index contributed by atoms with van der Waals surface area (Å²) in [6.07, 6.45) is -2.41. The molecule has 6 heteroatoms. The highest BCUT2D eigenvalue weighted by Gasteiger charge is 2.01. The number of hydrogen-bond acceptors (Lipinski definition) is 2. The van der Waals surface area contributed by atoms with Gasteiger partial charge in [-0.2, -0.15) is 0 Å². The van der Waals surface area contributed by atoms with E-state index in [1.807, 2.05) is 6.07 Å². The molecule has 0 bridgehead atoms. The van der Waals surface area contributed by atoms with Crippen LogP contribution in [0.15, 0.2) is 18.2 Å². The summed E-state index contributed by atoms with van der Waals surface area (Å²) in [5.74, 6) is 0. The first-order chi connectivity index (χ1) is 8.09. The average Bonchev–Trinajstić information content (AvgIpc) is 2.27. The molecule has 0 atom stereocenters. The summed E-state index contributed by atoms with van der Waals surface area (Å²) in [5.41, 5.74) is 0.980. The first-order valence-corrected chi connectivity index (χ1v) is 5.85. The van der Waals surface area contributed by atoms with Gasteiger partial charge in [-0.1, -0.05) is 29.3 Å². The molecule has 1 aromatic rings. The molecule has 96 valence electrons. The van der Waals surface area contributed by atoms with E-state index in [0.717, 1.165) is 5.56 Å². The third kappa shape index (κ3) is 6.17. The van der Waals surface area contributed by atoms with E-state index in [9.17, 15) is 8.78 Å². The Kier molecular flexibility index (Phi) is 6.73. The Morgan fingerprint density at radius 1 is 1.24 bits per heavy atom. The van der Waals surface area contributed by atoms with Crippen molar-refractivity contribution in [3.63, 3.8) is 0 Å². The monoisotopic (exact) mass is 283 g/mol.